The van der Waals surface area contributed by atoms with E-state index in [-0.39, 0.29) is 5.91 Å². The summed E-state index contributed by atoms with van der Waals surface area (Å²) >= 11 is 1.24. The molecule has 6 nitrogen and oxygen atoms in total. The van der Waals surface area contributed by atoms with Crippen LogP contribution in [-0.2, 0) is 14.8 Å². The second kappa shape index (κ2) is 7.54. The van der Waals surface area contributed by atoms with E-state index in [1.54, 1.807) is 22.4 Å². The van der Waals surface area contributed by atoms with E-state index in [9.17, 15) is 13.2 Å². The summed E-state index contributed by atoms with van der Waals surface area (Å²) in [7, 11) is -3.37. The molecule has 0 atom stereocenters. The Bertz CT molecular complexity index is 574. The number of carbonyl (C=O) groups is 1. The average Bonchev–Trinajstić information content (AvgIpc) is 3.04. The minimum Gasteiger partial charge on any atom is -0.342 e. The van der Waals surface area contributed by atoms with Crippen LogP contribution in [0.2, 0.25) is 0 Å². The third-order valence-electron chi connectivity index (χ3n) is 3.90. The quantitative estimate of drug-likeness (QED) is 0.769. The van der Waals surface area contributed by atoms with Gasteiger partial charge in [-0.05, 0) is 25.3 Å². The zero-order valence-electron chi connectivity index (χ0n) is 13.1. The lowest BCUT2D eigenvalue weighted by molar-refractivity contribution is -0.132. The van der Waals surface area contributed by atoms with Crippen LogP contribution in [0.3, 0.4) is 0 Å². The molecule has 0 aliphatic carbocycles. The summed E-state index contributed by atoms with van der Waals surface area (Å²) in [6.45, 7) is 7.78. The second-order valence-corrected chi connectivity index (χ2v) is 8.29. The number of piperazine rings is 1. The monoisotopic (exact) mass is 345 g/mol. The van der Waals surface area contributed by atoms with E-state index in [1.165, 1.54) is 15.6 Å². The van der Waals surface area contributed by atoms with Crippen molar-refractivity contribution in [2.24, 2.45) is 0 Å². The summed E-state index contributed by atoms with van der Waals surface area (Å²) in [4.78, 5) is 15.9. The van der Waals surface area contributed by atoms with Crippen LogP contribution in [0.1, 0.15) is 13.8 Å². The van der Waals surface area contributed by atoms with Crippen LogP contribution in [0.4, 0.5) is 0 Å². The highest BCUT2D eigenvalue weighted by Gasteiger charge is 2.29. The van der Waals surface area contributed by atoms with E-state index < -0.39 is 10.0 Å². The Balaban J connectivity index is 1.90. The number of hydrogen-bond donors (Lipinski definition) is 0. The van der Waals surface area contributed by atoms with Gasteiger partial charge in [-0.15, -0.1) is 11.3 Å². The van der Waals surface area contributed by atoms with E-state index in [2.05, 4.69) is 0 Å². The lowest BCUT2D eigenvalue weighted by Gasteiger charge is -2.34. The minimum absolute atomic E-state index is 0.111. The van der Waals surface area contributed by atoms with Gasteiger partial charge in [0.1, 0.15) is 4.21 Å². The first-order valence-corrected chi connectivity index (χ1v) is 9.84. The number of nitrogens with zero attached hydrogens (tertiary/aromatic N) is 3. The van der Waals surface area contributed by atoms with Crippen LogP contribution >= 0.6 is 11.3 Å². The van der Waals surface area contributed by atoms with Gasteiger partial charge in [0.05, 0.1) is 6.54 Å². The highest BCUT2D eigenvalue weighted by Crippen LogP contribution is 2.21. The Kier molecular flexibility index (Phi) is 5.96. The molecule has 0 bridgehead atoms. The van der Waals surface area contributed by atoms with Gasteiger partial charge in [0.25, 0.3) is 10.0 Å². The summed E-state index contributed by atoms with van der Waals surface area (Å²) in [6, 6.07) is 3.38. The Morgan fingerprint density at radius 3 is 2.36 bits per heavy atom. The Labute approximate surface area is 136 Å². The fourth-order valence-electron chi connectivity index (χ4n) is 2.53. The van der Waals surface area contributed by atoms with Crippen molar-refractivity contribution in [3.8, 4) is 0 Å². The van der Waals surface area contributed by atoms with Crippen LogP contribution in [0.15, 0.2) is 21.7 Å². The molecule has 0 N–H and O–H groups in total. The molecule has 1 fully saturated rings. The molecule has 1 saturated heterocycles. The van der Waals surface area contributed by atoms with E-state index in [4.69, 9.17) is 0 Å². The van der Waals surface area contributed by atoms with Gasteiger partial charge in [-0.2, -0.15) is 4.31 Å². The molecule has 0 saturated carbocycles. The number of likely N-dealkylation sites (N-methyl/N-ethyl adjacent to an activating group) is 1. The van der Waals surface area contributed by atoms with Crippen LogP contribution in [0, 0.1) is 0 Å². The van der Waals surface area contributed by atoms with Gasteiger partial charge < -0.3 is 4.90 Å². The third kappa shape index (κ3) is 3.87. The first-order chi connectivity index (χ1) is 10.5. The molecule has 1 amide bonds. The van der Waals surface area contributed by atoms with Gasteiger partial charge in [-0.25, -0.2) is 8.42 Å². The molecule has 8 heteroatoms. The highest BCUT2D eigenvalue weighted by atomic mass is 32.2. The largest absolute Gasteiger partial charge is 0.342 e. The van der Waals surface area contributed by atoms with Crippen molar-refractivity contribution >= 4 is 27.3 Å². The van der Waals surface area contributed by atoms with E-state index in [0.29, 0.717) is 50.0 Å². The van der Waals surface area contributed by atoms with Crippen LogP contribution < -0.4 is 0 Å². The standard InChI is InChI=1S/C14H23N3O3S2/c1-3-16(4-2)13(18)12-15-7-9-17(10-8-15)22(19,20)14-6-5-11-21-14/h5-6,11H,3-4,7-10,12H2,1-2H3. The summed E-state index contributed by atoms with van der Waals surface area (Å²) in [5, 5.41) is 1.77. The molecule has 1 aliphatic heterocycles. The molecule has 22 heavy (non-hydrogen) atoms. The maximum atomic E-state index is 12.4. The number of rotatable bonds is 6. The van der Waals surface area contributed by atoms with Gasteiger partial charge in [0.15, 0.2) is 0 Å². The van der Waals surface area contributed by atoms with Gasteiger partial charge >= 0.3 is 0 Å². The van der Waals surface area contributed by atoms with Crippen LogP contribution in [0.5, 0.6) is 0 Å². The van der Waals surface area contributed by atoms with Crippen LogP contribution in [0.25, 0.3) is 0 Å². The SMILES string of the molecule is CCN(CC)C(=O)CN1CCN(S(=O)(=O)c2cccs2)CC1. The number of carbonyl (C=O) groups excluding carboxylic acids is 1. The Morgan fingerprint density at radius 1 is 1.23 bits per heavy atom. The molecular formula is C14H23N3O3S2. The number of amides is 1. The zero-order chi connectivity index (χ0) is 16.2. The van der Waals surface area contributed by atoms with E-state index in [0.717, 1.165) is 0 Å². The fourth-order valence-corrected chi connectivity index (χ4v) is 5.10. The van der Waals surface area contributed by atoms with Crippen molar-refractivity contribution in [2.75, 3.05) is 45.8 Å². The summed E-state index contributed by atoms with van der Waals surface area (Å²) in [5.41, 5.74) is 0. The molecule has 1 aliphatic rings. The van der Waals surface area contributed by atoms with Gasteiger partial charge in [-0.3, -0.25) is 9.69 Å². The molecule has 1 aromatic rings. The van der Waals surface area contributed by atoms with Crippen molar-refractivity contribution < 1.29 is 13.2 Å². The van der Waals surface area contributed by atoms with E-state index in [1.807, 2.05) is 18.7 Å². The van der Waals surface area contributed by atoms with Gasteiger partial charge in [-0.1, -0.05) is 6.07 Å². The van der Waals surface area contributed by atoms with Crippen molar-refractivity contribution in [1.29, 1.82) is 0 Å². The molecule has 2 rings (SSSR count). The maximum Gasteiger partial charge on any atom is 0.252 e. The predicted molar refractivity (Wildman–Crippen MR) is 87.4 cm³/mol. The maximum absolute atomic E-state index is 12.4. The minimum atomic E-state index is -3.37. The molecule has 124 valence electrons. The average molecular weight is 345 g/mol. The van der Waals surface area contributed by atoms with Crippen molar-refractivity contribution in [2.45, 2.75) is 18.1 Å². The lowest BCUT2D eigenvalue weighted by atomic mass is 10.3. The molecule has 1 aromatic heterocycles. The summed E-state index contributed by atoms with van der Waals surface area (Å²) in [6.07, 6.45) is 0. The molecular weight excluding hydrogens is 322 g/mol. The van der Waals surface area contributed by atoms with Gasteiger partial charge in [0.2, 0.25) is 5.91 Å². The zero-order valence-corrected chi connectivity index (χ0v) is 14.7. The number of sulfonamides is 1. The molecule has 0 unspecified atom stereocenters. The normalized spacial score (nSPS) is 17.5. The molecule has 2 heterocycles. The van der Waals surface area contributed by atoms with Crippen LogP contribution in [-0.4, -0.2) is 74.2 Å². The molecule has 0 radical (unpaired) electrons. The van der Waals surface area contributed by atoms with Crippen molar-refractivity contribution in [1.82, 2.24) is 14.1 Å². The van der Waals surface area contributed by atoms with Crippen molar-refractivity contribution in [3.63, 3.8) is 0 Å². The highest BCUT2D eigenvalue weighted by molar-refractivity contribution is 7.91. The first-order valence-electron chi connectivity index (χ1n) is 7.52. The lowest BCUT2D eigenvalue weighted by Crippen LogP contribution is -2.51. The second-order valence-electron chi connectivity index (χ2n) is 5.18. The Morgan fingerprint density at radius 2 is 1.86 bits per heavy atom. The van der Waals surface area contributed by atoms with Gasteiger partial charge in [0, 0.05) is 39.3 Å². The third-order valence-corrected chi connectivity index (χ3v) is 7.17. The Hall–Kier alpha value is -0.960. The number of hydrogen-bond acceptors (Lipinski definition) is 5. The van der Waals surface area contributed by atoms with Crippen molar-refractivity contribution in [3.05, 3.63) is 17.5 Å². The fraction of sp³-hybridized carbons (Fsp3) is 0.643. The molecule has 0 aromatic carbocycles. The molecule has 0 spiro atoms. The number of thiophene rings is 1. The first kappa shape index (κ1) is 17.4. The smallest absolute Gasteiger partial charge is 0.252 e. The topological polar surface area (TPSA) is 60.9 Å². The van der Waals surface area contributed by atoms with E-state index >= 15 is 0 Å². The summed E-state index contributed by atoms with van der Waals surface area (Å²) in [5.74, 6) is 0.111. The summed E-state index contributed by atoms with van der Waals surface area (Å²) < 4.78 is 26.7. The predicted octanol–water partition coefficient (Wildman–Crippen LogP) is 0.923.